The maximum Gasteiger partial charge on any atom is 0.206 e. The largest absolute Gasteiger partial charge is 0.356 e. The standard InChI is InChI=1S/C5H6N4.NO3/c6-2-1-4-9-5-3-7-8-9;2-1(3)4/h3,5H,1,4H2;/q;-1/p+1. The lowest BCUT2D eigenvalue weighted by Gasteiger charge is -1.83. The summed E-state index contributed by atoms with van der Waals surface area (Å²) in [6.07, 6.45) is 3.96. The Morgan fingerprint density at radius 1 is 1.69 bits per heavy atom. The third-order valence-electron chi connectivity index (χ3n) is 0.972. The van der Waals surface area contributed by atoms with E-state index in [4.69, 9.17) is 20.6 Å². The molecule has 8 nitrogen and oxygen atoms in total. The Labute approximate surface area is 73.1 Å². The van der Waals surface area contributed by atoms with Crippen LogP contribution in [0.1, 0.15) is 6.42 Å². The number of nitrogens with zero attached hydrogens (tertiary/aromatic N) is 4. The molecule has 0 saturated carbocycles. The summed E-state index contributed by atoms with van der Waals surface area (Å²) >= 11 is 0. The molecular formula is C5H7N5O3. The van der Waals surface area contributed by atoms with Gasteiger partial charge in [-0.25, -0.2) is 0 Å². The van der Waals surface area contributed by atoms with Crippen LogP contribution in [0.4, 0.5) is 0 Å². The van der Waals surface area contributed by atoms with E-state index >= 15 is 0 Å². The number of H-pyrrole nitrogens is 1. The number of aromatic nitrogens is 3. The van der Waals surface area contributed by atoms with Crippen LogP contribution in [0.25, 0.3) is 0 Å². The van der Waals surface area contributed by atoms with Crippen LogP contribution in [0, 0.1) is 26.7 Å². The molecular weight excluding hydrogens is 178 g/mol. The molecule has 0 saturated heterocycles. The predicted molar refractivity (Wildman–Crippen MR) is 39.4 cm³/mol. The quantitative estimate of drug-likeness (QED) is 0.373. The molecule has 1 aromatic heterocycles. The first kappa shape index (κ1) is 10.8. The first-order valence-corrected chi connectivity index (χ1v) is 3.24. The molecule has 0 aliphatic carbocycles. The van der Waals surface area contributed by atoms with Crippen molar-refractivity contribution in [3.8, 4) is 6.07 Å². The highest BCUT2D eigenvalue weighted by Gasteiger charge is 1.94. The van der Waals surface area contributed by atoms with Crippen molar-refractivity contribution < 1.29 is 9.77 Å². The van der Waals surface area contributed by atoms with Gasteiger partial charge in [-0.1, -0.05) is 5.21 Å². The van der Waals surface area contributed by atoms with Crippen LogP contribution in [-0.2, 0) is 6.54 Å². The molecule has 0 amide bonds. The van der Waals surface area contributed by atoms with Gasteiger partial charge in [0, 0.05) is 5.10 Å². The average Bonchev–Trinajstić information content (AvgIpc) is 2.51. The molecule has 0 aliphatic heterocycles. The molecule has 1 rings (SSSR count). The molecule has 13 heavy (non-hydrogen) atoms. The van der Waals surface area contributed by atoms with Gasteiger partial charge in [0.2, 0.25) is 6.20 Å². The Bertz CT molecular complexity index is 273. The van der Waals surface area contributed by atoms with Crippen molar-refractivity contribution in [2.75, 3.05) is 0 Å². The molecule has 1 N–H and O–H groups in total. The summed E-state index contributed by atoms with van der Waals surface area (Å²) in [4.78, 5) is 8.25. The van der Waals surface area contributed by atoms with Crippen molar-refractivity contribution in [3.63, 3.8) is 0 Å². The summed E-state index contributed by atoms with van der Waals surface area (Å²) in [6.45, 7) is 0.691. The molecule has 1 aromatic rings. The summed E-state index contributed by atoms with van der Waals surface area (Å²) in [5.41, 5.74) is 0. The molecule has 0 aromatic carbocycles. The molecule has 1 heterocycles. The van der Waals surface area contributed by atoms with Crippen LogP contribution in [0.3, 0.4) is 0 Å². The normalized spacial score (nSPS) is 7.92. The second-order valence-corrected chi connectivity index (χ2v) is 1.85. The third kappa shape index (κ3) is 7.73. The minimum Gasteiger partial charge on any atom is -0.356 e. The number of hydrogen-bond acceptors (Lipinski definition) is 5. The Morgan fingerprint density at radius 3 is 2.69 bits per heavy atom. The van der Waals surface area contributed by atoms with Gasteiger partial charge in [0.15, 0.2) is 6.20 Å². The van der Waals surface area contributed by atoms with Crippen molar-refractivity contribution in [1.82, 2.24) is 10.3 Å². The lowest BCUT2D eigenvalue weighted by molar-refractivity contribution is -0.752. The van der Waals surface area contributed by atoms with E-state index in [0.717, 1.165) is 0 Å². The number of rotatable bonds is 2. The number of hydrogen-bond donors (Lipinski definition) is 1. The zero-order chi connectivity index (χ0) is 10.1. The molecule has 0 aliphatic rings. The van der Waals surface area contributed by atoms with Crippen LogP contribution in [0.15, 0.2) is 12.4 Å². The van der Waals surface area contributed by atoms with E-state index in [1.54, 1.807) is 17.1 Å². The highest BCUT2D eigenvalue weighted by Crippen LogP contribution is 1.71. The highest BCUT2D eigenvalue weighted by atomic mass is 16.9. The van der Waals surface area contributed by atoms with Crippen molar-refractivity contribution in [2.24, 2.45) is 0 Å². The third-order valence-corrected chi connectivity index (χ3v) is 0.972. The maximum absolute atomic E-state index is 8.25. The van der Waals surface area contributed by atoms with Crippen molar-refractivity contribution in [2.45, 2.75) is 13.0 Å². The number of nitriles is 1. The maximum atomic E-state index is 8.25. The van der Waals surface area contributed by atoms with Gasteiger partial charge in [-0.15, -0.1) is 0 Å². The average molecular weight is 185 g/mol. The fourth-order valence-corrected chi connectivity index (χ4v) is 0.550. The minimum atomic E-state index is -1.75. The second-order valence-electron chi connectivity index (χ2n) is 1.85. The fraction of sp³-hybridized carbons (Fsp3) is 0.400. The molecule has 0 spiro atoms. The fourth-order valence-electron chi connectivity index (χ4n) is 0.550. The smallest absolute Gasteiger partial charge is 0.206 e. The van der Waals surface area contributed by atoms with Gasteiger partial charge in [0.25, 0.3) is 0 Å². The van der Waals surface area contributed by atoms with Crippen LogP contribution in [0.2, 0.25) is 0 Å². The molecule has 8 heteroatoms. The van der Waals surface area contributed by atoms with E-state index < -0.39 is 5.09 Å². The summed E-state index contributed by atoms with van der Waals surface area (Å²) in [6, 6.07) is 2.04. The Hall–Kier alpha value is -2.17. The lowest BCUT2D eigenvalue weighted by Crippen LogP contribution is -2.34. The molecule has 0 atom stereocenters. The predicted octanol–water partition coefficient (Wildman–Crippen LogP) is -0.628. The van der Waals surface area contributed by atoms with Crippen molar-refractivity contribution in [1.29, 1.82) is 5.26 Å². The lowest BCUT2D eigenvalue weighted by atomic mass is 10.5. The second kappa shape index (κ2) is 6.53. The van der Waals surface area contributed by atoms with E-state index in [0.29, 0.717) is 13.0 Å². The topological polar surface area (TPSA) is 123 Å². The summed E-state index contributed by atoms with van der Waals surface area (Å²) in [7, 11) is 0. The monoisotopic (exact) mass is 185 g/mol. The van der Waals surface area contributed by atoms with Crippen molar-refractivity contribution in [3.05, 3.63) is 27.7 Å². The van der Waals surface area contributed by atoms with Gasteiger partial charge in [0.05, 0.1) is 17.6 Å². The summed E-state index contributed by atoms with van der Waals surface area (Å²) < 4.78 is 1.75. The van der Waals surface area contributed by atoms with E-state index in [1.165, 1.54) is 0 Å². The zero-order valence-electron chi connectivity index (χ0n) is 6.58. The Morgan fingerprint density at radius 2 is 2.31 bits per heavy atom. The zero-order valence-corrected chi connectivity index (χ0v) is 6.58. The SMILES string of the molecule is N#CCC[n+]1ccn[nH]1.O=[N+]([O-])[O-]. The first-order valence-electron chi connectivity index (χ1n) is 3.24. The van der Waals surface area contributed by atoms with E-state index in [1.807, 2.05) is 6.07 Å². The van der Waals surface area contributed by atoms with Crippen LogP contribution >= 0.6 is 0 Å². The Kier molecular flexibility index (Phi) is 5.44. The summed E-state index contributed by atoms with van der Waals surface area (Å²) in [5, 5.41) is 29.3. The molecule has 0 unspecified atom stereocenters. The molecule has 0 bridgehead atoms. The van der Waals surface area contributed by atoms with Crippen molar-refractivity contribution >= 4 is 0 Å². The minimum absolute atomic E-state index is 0.521. The summed E-state index contributed by atoms with van der Waals surface area (Å²) in [5.74, 6) is 0. The highest BCUT2D eigenvalue weighted by molar-refractivity contribution is 4.64. The van der Waals surface area contributed by atoms with E-state index in [2.05, 4.69) is 10.3 Å². The van der Waals surface area contributed by atoms with Gasteiger partial charge in [-0.05, 0) is 0 Å². The van der Waals surface area contributed by atoms with Gasteiger partial charge in [0.1, 0.15) is 6.54 Å². The van der Waals surface area contributed by atoms with E-state index in [9.17, 15) is 0 Å². The van der Waals surface area contributed by atoms with Gasteiger partial charge in [-0.2, -0.15) is 9.94 Å². The molecule has 0 fully saturated rings. The number of nitrogens with one attached hydrogen (secondary N) is 1. The van der Waals surface area contributed by atoms with Crippen LogP contribution in [-0.4, -0.2) is 15.4 Å². The van der Waals surface area contributed by atoms with Gasteiger partial charge >= 0.3 is 0 Å². The van der Waals surface area contributed by atoms with Crippen LogP contribution in [0.5, 0.6) is 0 Å². The van der Waals surface area contributed by atoms with Crippen LogP contribution < -0.4 is 4.68 Å². The van der Waals surface area contributed by atoms with Gasteiger partial charge < -0.3 is 15.3 Å². The first-order chi connectivity index (χ1) is 6.16. The van der Waals surface area contributed by atoms with E-state index in [-0.39, 0.29) is 0 Å². The number of aryl methyl sites for hydroxylation is 1. The molecule has 70 valence electrons. The Balaban J connectivity index is 0.000000310. The number of aromatic amines is 1. The van der Waals surface area contributed by atoms with Gasteiger partial charge in [-0.3, -0.25) is 0 Å². The molecule has 0 radical (unpaired) electrons.